The van der Waals surface area contributed by atoms with Gasteiger partial charge in [0.1, 0.15) is 11.4 Å². The molecule has 0 radical (unpaired) electrons. The van der Waals surface area contributed by atoms with Gasteiger partial charge in [-0.2, -0.15) is 13.2 Å². The number of nitrogens with zero attached hydrogens (tertiary/aromatic N) is 5. The van der Waals surface area contributed by atoms with Crippen LogP contribution in [0.1, 0.15) is 29.9 Å². The molecule has 0 saturated carbocycles. The van der Waals surface area contributed by atoms with E-state index in [-0.39, 0.29) is 41.2 Å². The lowest BCUT2D eigenvalue weighted by Gasteiger charge is -2.44. The molecule has 8 nitrogen and oxygen atoms in total. The highest BCUT2D eigenvalue weighted by Crippen LogP contribution is 2.35. The highest BCUT2D eigenvalue weighted by Gasteiger charge is 2.33. The van der Waals surface area contributed by atoms with E-state index >= 15 is 0 Å². The van der Waals surface area contributed by atoms with Gasteiger partial charge in [0.25, 0.3) is 5.91 Å². The number of ether oxygens (including phenoxy) is 1. The third kappa shape index (κ3) is 8.21. The zero-order valence-electron chi connectivity index (χ0n) is 24.9. The highest BCUT2D eigenvalue weighted by atomic mass is 35.5. The normalized spacial score (nSPS) is 18.1. The largest absolute Gasteiger partial charge is 0.478 e. The van der Waals surface area contributed by atoms with Crippen LogP contribution in [-0.4, -0.2) is 72.7 Å². The van der Waals surface area contributed by atoms with Crippen molar-refractivity contribution >= 4 is 37.0 Å². The summed E-state index contributed by atoms with van der Waals surface area (Å²) >= 11 is 5.92. The Balaban J connectivity index is 1.74. The van der Waals surface area contributed by atoms with E-state index in [1.807, 2.05) is 7.05 Å². The first-order chi connectivity index (χ1) is 20.0. The number of carbonyl (C=O) groups excluding carboxylic acids is 1. The summed E-state index contributed by atoms with van der Waals surface area (Å²) in [6.45, 7) is 11.9. The van der Waals surface area contributed by atoms with E-state index in [0.717, 1.165) is 12.3 Å². The van der Waals surface area contributed by atoms with Crippen molar-refractivity contribution in [1.82, 2.24) is 19.9 Å². The Kier molecular flexibility index (Phi) is 9.67. The van der Waals surface area contributed by atoms with E-state index in [1.54, 1.807) is 12.1 Å². The highest BCUT2D eigenvalue weighted by molar-refractivity contribution is 6.76. The van der Waals surface area contributed by atoms with Crippen LogP contribution in [0.3, 0.4) is 0 Å². The molecule has 3 aromatic rings. The minimum atomic E-state index is -4.73. The Bertz CT molecular complexity index is 1470. The van der Waals surface area contributed by atoms with Crippen LogP contribution in [0.25, 0.3) is 11.3 Å². The number of aromatic nitrogens is 3. The third-order valence-electron chi connectivity index (χ3n) is 7.40. The summed E-state index contributed by atoms with van der Waals surface area (Å²) in [5, 5.41) is 2.56. The number of benzene rings is 1. The number of carbonyl (C=O) groups is 1. The quantitative estimate of drug-likeness (QED) is 0.164. The second kappa shape index (κ2) is 12.7. The van der Waals surface area contributed by atoms with E-state index in [1.165, 1.54) is 6.07 Å². The van der Waals surface area contributed by atoms with Crippen molar-refractivity contribution in [2.75, 3.05) is 37.0 Å². The minimum Gasteiger partial charge on any atom is -0.478 e. The molecule has 1 aliphatic rings. The number of pyridine rings is 1. The van der Waals surface area contributed by atoms with Crippen LogP contribution < -0.4 is 15.0 Å². The fourth-order valence-corrected chi connectivity index (χ4v) is 5.56. The van der Waals surface area contributed by atoms with Crippen LogP contribution in [0, 0.1) is 5.82 Å². The smallest absolute Gasteiger partial charge is 0.416 e. The molecule has 3 heterocycles. The predicted molar refractivity (Wildman–Crippen MR) is 162 cm³/mol. The van der Waals surface area contributed by atoms with E-state index in [2.05, 4.69) is 63.6 Å². The Morgan fingerprint density at radius 3 is 2.42 bits per heavy atom. The van der Waals surface area contributed by atoms with Crippen LogP contribution in [0.2, 0.25) is 31.0 Å². The molecule has 232 valence electrons. The van der Waals surface area contributed by atoms with Gasteiger partial charge in [-0.3, -0.25) is 9.69 Å². The standard InChI is InChI=1S/C29H35ClF4N6O2Si/c1-17-15-40(16-18(2)39(17)3)24-8-7-19(26-21(31)14-35-28(30)38-26)11-22(24)37-27(41)23-12-20(29(32,33)34)13-25(36-23)42-9-10-43(4,5)6/h7-8,11-14,17-18H,9-10,15-16H2,1-6H3,(H,37,41)/t17-,18+. The van der Waals surface area contributed by atoms with Gasteiger partial charge in [-0.15, -0.1) is 0 Å². The average molecular weight is 639 g/mol. The number of nitrogens with one attached hydrogen (secondary N) is 1. The fourth-order valence-electron chi connectivity index (χ4n) is 4.72. The molecule has 1 N–H and O–H groups in total. The van der Waals surface area contributed by atoms with Crippen molar-refractivity contribution in [1.29, 1.82) is 0 Å². The lowest BCUT2D eigenvalue weighted by atomic mass is 10.0. The summed E-state index contributed by atoms with van der Waals surface area (Å²) in [6.07, 6.45) is -3.78. The zero-order chi connectivity index (χ0) is 31.7. The van der Waals surface area contributed by atoms with E-state index in [0.29, 0.717) is 36.5 Å². The summed E-state index contributed by atoms with van der Waals surface area (Å²) in [7, 11) is 0.499. The van der Waals surface area contributed by atoms with Gasteiger partial charge in [0, 0.05) is 44.9 Å². The number of hydrogen-bond acceptors (Lipinski definition) is 7. The number of halogens is 5. The van der Waals surface area contributed by atoms with Gasteiger partial charge in [0.2, 0.25) is 11.2 Å². The second-order valence-corrected chi connectivity index (χ2v) is 18.0. The minimum absolute atomic E-state index is 0.0857. The van der Waals surface area contributed by atoms with Crippen LogP contribution in [-0.2, 0) is 6.18 Å². The van der Waals surface area contributed by atoms with Crippen LogP contribution in [0.5, 0.6) is 5.88 Å². The summed E-state index contributed by atoms with van der Waals surface area (Å²) < 4.78 is 61.6. The molecule has 1 aromatic carbocycles. The van der Waals surface area contributed by atoms with E-state index in [9.17, 15) is 22.4 Å². The maximum Gasteiger partial charge on any atom is 0.416 e. The molecule has 1 amide bonds. The maximum atomic E-state index is 14.7. The van der Waals surface area contributed by atoms with Gasteiger partial charge in [-0.05, 0) is 56.7 Å². The SMILES string of the molecule is C[C@@H]1CN(c2ccc(-c3nc(Cl)ncc3F)cc2NC(=O)c2cc(C(F)(F)F)cc(OCC[Si](C)(C)C)n2)C[C@H](C)N1C. The molecular formula is C29H35ClF4N6O2Si. The molecule has 0 bridgehead atoms. The summed E-state index contributed by atoms with van der Waals surface area (Å²) in [6, 6.07) is 7.41. The van der Waals surface area contributed by atoms with E-state index in [4.69, 9.17) is 16.3 Å². The number of likely N-dealkylation sites (N-methyl/N-ethyl adjacent to an activating group) is 1. The molecule has 2 aromatic heterocycles. The van der Waals surface area contributed by atoms with Gasteiger partial charge in [0.05, 0.1) is 29.7 Å². The first-order valence-electron chi connectivity index (χ1n) is 13.8. The van der Waals surface area contributed by atoms with Crippen LogP contribution >= 0.6 is 11.6 Å². The Labute approximate surface area is 254 Å². The first kappa shape index (κ1) is 32.6. The topological polar surface area (TPSA) is 83.5 Å². The molecule has 2 atom stereocenters. The van der Waals surface area contributed by atoms with Gasteiger partial charge in [-0.1, -0.05) is 25.7 Å². The number of alkyl halides is 3. The van der Waals surface area contributed by atoms with E-state index < -0.39 is 37.2 Å². The number of amides is 1. The van der Waals surface area contributed by atoms with Crippen molar-refractivity contribution in [2.24, 2.45) is 0 Å². The Morgan fingerprint density at radius 1 is 1.12 bits per heavy atom. The molecular weight excluding hydrogens is 604 g/mol. The Morgan fingerprint density at radius 2 is 1.79 bits per heavy atom. The van der Waals surface area contributed by atoms with Crippen molar-refractivity contribution in [2.45, 2.75) is 57.8 Å². The summed E-state index contributed by atoms with van der Waals surface area (Å²) in [4.78, 5) is 29.6. The molecule has 1 aliphatic heterocycles. The van der Waals surface area contributed by atoms with Crippen molar-refractivity contribution in [3.63, 3.8) is 0 Å². The zero-order valence-corrected chi connectivity index (χ0v) is 26.6. The number of piperazine rings is 1. The fraction of sp³-hybridized carbons (Fsp3) is 0.448. The predicted octanol–water partition coefficient (Wildman–Crippen LogP) is 6.85. The van der Waals surface area contributed by atoms with Crippen molar-refractivity contribution in [3.8, 4) is 17.1 Å². The van der Waals surface area contributed by atoms with Crippen molar-refractivity contribution < 1.29 is 27.1 Å². The molecule has 0 aliphatic carbocycles. The molecule has 4 rings (SSSR count). The molecule has 0 spiro atoms. The van der Waals surface area contributed by atoms with Crippen LogP contribution in [0.15, 0.2) is 36.5 Å². The van der Waals surface area contributed by atoms with Crippen LogP contribution in [0.4, 0.5) is 28.9 Å². The summed E-state index contributed by atoms with van der Waals surface area (Å²) in [5.41, 5.74) is -0.445. The summed E-state index contributed by atoms with van der Waals surface area (Å²) in [5.74, 6) is -1.89. The monoisotopic (exact) mass is 638 g/mol. The Hall–Kier alpha value is -3.29. The molecule has 1 saturated heterocycles. The third-order valence-corrected chi connectivity index (χ3v) is 9.28. The van der Waals surface area contributed by atoms with Gasteiger partial charge in [-0.25, -0.2) is 19.3 Å². The number of hydrogen-bond donors (Lipinski definition) is 1. The van der Waals surface area contributed by atoms with Gasteiger partial charge in [0.15, 0.2) is 5.82 Å². The van der Waals surface area contributed by atoms with Crippen molar-refractivity contribution in [3.05, 3.63) is 58.9 Å². The lowest BCUT2D eigenvalue weighted by molar-refractivity contribution is -0.137. The second-order valence-electron chi connectivity index (χ2n) is 12.0. The molecule has 1 fully saturated rings. The molecule has 43 heavy (non-hydrogen) atoms. The molecule has 14 heteroatoms. The first-order valence-corrected chi connectivity index (χ1v) is 17.9. The number of anilines is 2. The lowest BCUT2D eigenvalue weighted by Crippen LogP contribution is -2.55. The van der Waals surface area contributed by atoms with Gasteiger partial charge >= 0.3 is 6.18 Å². The molecule has 0 unspecified atom stereocenters. The van der Waals surface area contributed by atoms with Gasteiger partial charge < -0.3 is 15.0 Å². The number of rotatable bonds is 8. The average Bonchev–Trinajstić information content (AvgIpc) is 2.91. The maximum absolute atomic E-state index is 14.7.